The van der Waals surface area contributed by atoms with E-state index >= 15 is 0 Å². The lowest BCUT2D eigenvalue weighted by Crippen LogP contribution is -2.39. The number of halogens is 1. The van der Waals surface area contributed by atoms with Gasteiger partial charge in [0.2, 0.25) is 0 Å². The van der Waals surface area contributed by atoms with Crippen LogP contribution in [-0.4, -0.2) is 30.8 Å². The molecule has 0 bridgehead atoms. The Bertz CT molecular complexity index is 527. The van der Waals surface area contributed by atoms with Crippen molar-refractivity contribution >= 4 is 32.0 Å². The molecular weight excluding hydrogens is 318 g/mol. The van der Waals surface area contributed by atoms with E-state index in [0.717, 1.165) is 29.4 Å². The van der Waals surface area contributed by atoms with Crippen molar-refractivity contribution in [3.63, 3.8) is 0 Å². The van der Waals surface area contributed by atoms with Crippen LogP contribution in [0.15, 0.2) is 16.6 Å². The first-order valence-electron chi connectivity index (χ1n) is 5.90. The van der Waals surface area contributed by atoms with E-state index in [-0.39, 0.29) is 0 Å². The van der Waals surface area contributed by atoms with E-state index in [9.17, 15) is 8.42 Å². The van der Waals surface area contributed by atoms with Crippen molar-refractivity contribution in [1.29, 1.82) is 0 Å². The summed E-state index contributed by atoms with van der Waals surface area (Å²) in [5.41, 5.74) is 0.758. The number of hydrogen-bond donors (Lipinski definition) is 1. The predicted octanol–water partition coefficient (Wildman–Crippen LogP) is 2.30. The molecule has 18 heavy (non-hydrogen) atoms. The molecule has 0 amide bonds. The zero-order valence-corrected chi connectivity index (χ0v) is 12.6. The minimum atomic E-state index is -3.46. The number of anilines is 1. The molecule has 0 atom stereocenters. The van der Waals surface area contributed by atoms with Crippen LogP contribution in [0.2, 0.25) is 0 Å². The van der Waals surface area contributed by atoms with Gasteiger partial charge in [-0.3, -0.25) is 4.72 Å². The predicted molar refractivity (Wildman–Crippen MR) is 74.6 cm³/mol. The average Bonchev–Trinajstić information content (AvgIpc) is 2.35. The van der Waals surface area contributed by atoms with Gasteiger partial charge in [0.05, 0.1) is 5.69 Å². The van der Waals surface area contributed by atoms with Crippen molar-refractivity contribution in [3.05, 3.63) is 22.3 Å². The van der Waals surface area contributed by atoms with Gasteiger partial charge in [-0.25, -0.2) is 4.98 Å². The third kappa shape index (κ3) is 3.21. The van der Waals surface area contributed by atoms with Crippen molar-refractivity contribution in [1.82, 2.24) is 9.29 Å². The van der Waals surface area contributed by atoms with Crippen LogP contribution in [0.1, 0.15) is 25.0 Å². The molecule has 1 aliphatic rings. The third-order valence-corrected chi connectivity index (χ3v) is 5.26. The van der Waals surface area contributed by atoms with Gasteiger partial charge in [0.25, 0.3) is 0 Å². The Morgan fingerprint density at radius 3 is 2.56 bits per heavy atom. The molecule has 2 heterocycles. The lowest BCUT2D eigenvalue weighted by atomic mass is 10.2. The van der Waals surface area contributed by atoms with Crippen molar-refractivity contribution in [2.75, 3.05) is 17.8 Å². The number of rotatable bonds is 3. The first kappa shape index (κ1) is 13.8. The van der Waals surface area contributed by atoms with Crippen LogP contribution >= 0.6 is 15.9 Å². The Labute approximate surface area is 116 Å². The fourth-order valence-electron chi connectivity index (χ4n) is 1.90. The lowest BCUT2D eigenvalue weighted by Gasteiger charge is -2.25. The molecule has 1 aliphatic heterocycles. The molecule has 0 spiro atoms. The van der Waals surface area contributed by atoms with Crippen LogP contribution < -0.4 is 4.72 Å². The fourth-order valence-corrected chi connectivity index (χ4v) is 3.37. The van der Waals surface area contributed by atoms with Gasteiger partial charge >= 0.3 is 10.2 Å². The second-order valence-corrected chi connectivity index (χ2v) is 6.86. The highest BCUT2D eigenvalue weighted by Gasteiger charge is 2.24. The zero-order chi connectivity index (χ0) is 13.2. The summed E-state index contributed by atoms with van der Waals surface area (Å²) in [6.45, 7) is 3.00. The molecule has 0 aliphatic carbocycles. The van der Waals surface area contributed by atoms with E-state index in [0.29, 0.717) is 18.9 Å². The summed E-state index contributed by atoms with van der Waals surface area (Å²) in [6.07, 6.45) is 2.95. The number of piperidine rings is 1. The van der Waals surface area contributed by atoms with Crippen LogP contribution in [-0.2, 0) is 10.2 Å². The van der Waals surface area contributed by atoms with E-state index in [1.165, 1.54) is 4.31 Å². The summed E-state index contributed by atoms with van der Waals surface area (Å²) in [7, 11) is -3.46. The van der Waals surface area contributed by atoms with Gasteiger partial charge in [-0.1, -0.05) is 6.42 Å². The number of aryl methyl sites for hydroxylation is 1. The minimum absolute atomic E-state index is 0.362. The Morgan fingerprint density at radius 2 is 1.94 bits per heavy atom. The summed E-state index contributed by atoms with van der Waals surface area (Å²) in [6, 6.07) is 3.44. The van der Waals surface area contributed by atoms with Crippen molar-refractivity contribution in [2.45, 2.75) is 26.2 Å². The second kappa shape index (κ2) is 5.54. The molecular formula is C11H16BrN3O2S. The maximum absolute atomic E-state index is 12.1. The van der Waals surface area contributed by atoms with Crippen molar-refractivity contribution in [3.8, 4) is 0 Å². The number of nitrogens with zero attached hydrogens (tertiary/aromatic N) is 2. The maximum atomic E-state index is 12.1. The number of hydrogen-bond acceptors (Lipinski definition) is 3. The molecule has 5 nitrogen and oxygen atoms in total. The summed E-state index contributed by atoms with van der Waals surface area (Å²) >= 11 is 3.34. The van der Waals surface area contributed by atoms with E-state index < -0.39 is 10.2 Å². The average molecular weight is 334 g/mol. The van der Waals surface area contributed by atoms with Gasteiger partial charge in [0.15, 0.2) is 0 Å². The summed E-state index contributed by atoms with van der Waals surface area (Å²) < 4.78 is 29.1. The lowest BCUT2D eigenvalue weighted by molar-refractivity contribution is 0.349. The van der Waals surface area contributed by atoms with E-state index in [1.54, 1.807) is 12.1 Å². The summed E-state index contributed by atoms with van der Waals surface area (Å²) in [5, 5.41) is 0. The summed E-state index contributed by atoms with van der Waals surface area (Å²) in [5.74, 6) is 0.362. The standard InChI is InChI=1S/C11H16BrN3O2S/c1-9-10(12)5-6-11(13-9)14-18(16,17)15-7-3-2-4-8-15/h5-6H,2-4,7-8H2,1H3,(H,13,14). The van der Waals surface area contributed by atoms with Crippen LogP contribution in [0.4, 0.5) is 5.82 Å². The van der Waals surface area contributed by atoms with E-state index in [2.05, 4.69) is 25.6 Å². The zero-order valence-electron chi connectivity index (χ0n) is 10.2. The number of pyridine rings is 1. The first-order valence-corrected chi connectivity index (χ1v) is 8.13. The molecule has 1 aromatic heterocycles. The normalized spacial score (nSPS) is 17.7. The van der Waals surface area contributed by atoms with Crippen molar-refractivity contribution < 1.29 is 8.42 Å². The van der Waals surface area contributed by atoms with Gasteiger partial charge in [-0.2, -0.15) is 12.7 Å². The monoisotopic (exact) mass is 333 g/mol. The Balaban J connectivity index is 2.13. The molecule has 1 N–H and O–H groups in total. The molecule has 0 unspecified atom stereocenters. The molecule has 1 fully saturated rings. The van der Waals surface area contributed by atoms with Crippen molar-refractivity contribution in [2.24, 2.45) is 0 Å². The third-order valence-electron chi connectivity index (χ3n) is 2.91. The first-order chi connectivity index (χ1) is 8.49. The molecule has 1 aromatic rings. The van der Waals surface area contributed by atoms with E-state index in [1.807, 2.05) is 6.92 Å². The highest BCUT2D eigenvalue weighted by molar-refractivity contribution is 9.10. The fraction of sp³-hybridized carbons (Fsp3) is 0.545. The van der Waals surface area contributed by atoms with Crippen LogP contribution in [0.5, 0.6) is 0 Å². The molecule has 0 saturated carbocycles. The molecule has 100 valence electrons. The smallest absolute Gasteiger partial charge is 0.254 e. The van der Waals surface area contributed by atoms with Gasteiger partial charge in [-0.05, 0) is 47.8 Å². The molecule has 7 heteroatoms. The topological polar surface area (TPSA) is 62.3 Å². The molecule has 1 saturated heterocycles. The molecule has 0 aromatic carbocycles. The van der Waals surface area contributed by atoms with Crippen LogP contribution in [0.25, 0.3) is 0 Å². The molecule has 2 rings (SSSR count). The Kier molecular flexibility index (Phi) is 4.24. The highest BCUT2D eigenvalue weighted by Crippen LogP contribution is 2.19. The Morgan fingerprint density at radius 1 is 1.28 bits per heavy atom. The van der Waals surface area contributed by atoms with E-state index in [4.69, 9.17) is 0 Å². The minimum Gasteiger partial charge on any atom is -0.254 e. The maximum Gasteiger partial charge on any atom is 0.302 e. The SMILES string of the molecule is Cc1nc(NS(=O)(=O)N2CCCCC2)ccc1Br. The summed E-state index contributed by atoms with van der Waals surface area (Å²) in [4.78, 5) is 4.19. The Hall–Kier alpha value is -0.660. The quantitative estimate of drug-likeness (QED) is 0.923. The molecule has 0 radical (unpaired) electrons. The second-order valence-electron chi connectivity index (χ2n) is 4.33. The van der Waals surface area contributed by atoms with Crippen LogP contribution in [0.3, 0.4) is 0 Å². The van der Waals surface area contributed by atoms with Gasteiger partial charge < -0.3 is 0 Å². The van der Waals surface area contributed by atoms with Gasteiger partial charge in [0.1, 0.15) is 5.82 Å². The largest absolute Gasteiger partial charge is 0.302 e. The van der Waals surface area contributed by atoms with Gasteiger partial charge in [0, 0.05) is 17.6 Å². The highest BCUT2D eigenvalue weighted by atomic mass is 79.9. The number of aromatic nitrogens is 1. The van der Waals surface area contributed by atoms with Crippen LogP contribution in [0, 0.1) is 6.92 Å². The number of nitrogens with one attached hydrogen (secondary N) is 1. The van der Waals surface area contributed by atoms with Gasteiger partial charge in [-0.15, -0.1) is 0 Å².